The quantitative estimate of drug-likeness (QED) is 0.720. The summed E-state index contributed by atoms with van der Waals surface area (Å²) in [5, 5.41) is 2.94. The van der Waals surface area contributed by atoms with E-state index in [0.29, 0.717) is 26.1 Å². The van der Waals surface area contributed by atoms with Crippen molar-refractivity contribution in [3.63, 3.8) is 0 Å². The first-order chi connectivity index (χ1) is 13.9. The molecule has 6 nitrogen and oxygen atoms in total. The molecule has 0 aliphatic carbocycles. The minimum atomic E-state index is -3.64. The van der Waals surface area contributed by atoms with Crippen molar-refractivity contribution in [2.75, 3.05) is 19.6 Å². The predicted octanol–water partition coefficient (Wildman–Crippen LogP) is 2.58. The van der Waals surface area contributed by atoms with Crippen LogP contribution in [0.1, 0.15) is 30.9 Å². The smallest absolute Gasteiger partial charge is 0.282 e. The molecule has 7 heteroatoms. The van der Waals surface area contributed by atoms with Crippen LogP contribution in [0.3, 0.4) is 0 Å². The number of nitrogens with one attached hydrogen (secondary N) is 1. The zero-order valence-electron chi connectivity index (χ0n) is 16.8. The van der Waals surface area contributed by atoms with Crippen LogP contribution >= 0.6 is 0 Å². The standard InChI is InChI=1S/C22H29N3O3S/c1-19(13-14-20-9-4-2-5-10-20)23-22(26)18-25-16-8-15-24(29(25,27)28)17-21-11-6-3-7-12-21/h2-7,9-12,19H,8,13-18H2,1H3,(H,23,26). The average Bonchev–Trinajstić information content (AvgIpc) is 2.71. The third kappa shape index (κ3) is 6.13. The van der Waals surface area contributed by atoms with Gasteiger partial charge in [-0.2, -0.15) is 17.0 Å². The van der Waals surface area contributed by atoms with Gasteiger partial charge in [-0.1, -0.05) is 60.7 Å². The van der Waals surface area contributed by atoms with Gasteiger partial charge in [0.25, 0.3) is 10.2 Å². The van der Waals surface area contributed by atoms with E-state index in [4.69, 9.17) is 0 Å². The summed E-state index contributed by atoms with van der Waals surface area (Å²) in [7, 11) is -3.64. The summed E-state index contributed by atoms with van der Waals surface area (Å²) in [5.74, 6) is -0.254. The SMILES string of the molecule is CC(CCc1ccccc1)NC(=O)CN1CCCN(Cc2ccccc2)S1(=O)=O. The summed E-state index contributed by atoms with van der Waals surface area (Å²) in [6.45, 7) is 2.99. The first-order valence-electron chi connectivity index (χ1n) is 10.1. The molecule has 2 aromatic rings. The molecule has 156 valence electrons. The number of rotatable bonds is 8. The summed E-state index contributed by atoms with van der Waals surface area (Å²) < 4.78 is 28.6. The Balaban J connectivity index is 1.52. The Morgan fingerprint density at radius 1 is 0.966 bits per heavy atom. The molecule has 0 radical (unpaired) electrons. The van der Waals surface area contributed by atoms with E-state index in [2.05, 4.69) is 17.4 Å². The highest BCUT2D eigenvalue weighted by Crippen LogP contribution is 2.19. The van der Waals surface area contributed by atoms with Gasteiger partial charge in [0.1, 0.15) is 0 Å². The van der Waals surface area contributed by atoms with Crippen LogP contribution < -0.4 is 5.32 Å². The third-order valence-electron chi connectivity index (χ3n) is 5.11. The molecular weight excluding hydrogens is 386 g/mol. The van der Waals surface area contributed by atoms with E-state index in [1.807, 2.05) is 55.5 Å². The second-order valence-corrected chi connectivity index (χ2v) is 9.44. The molecule has 1 N–H and O–H groups in total. The van der Waals surface area contributed by atoms with Gasteiger partial charge in [0, 0.05) is 25.7 Å². The van der Waals surface area contributed by atoms with Gasteiger partial charge in [0.15, 0.2) is 0 Å². The Bertz CT molecular complexity index is 888. The molecule has 0 bridgehead atoms. The van der Waals surface area contributed by atoms with Gasteiger partial charge in [-0.25, -0.2) is 0 Å². The molecule has 1 aliphatic rings. The maximum absolute atomic E-state index is 12.9. The second-order valence-electron chi connectivity index (χ2n) is 7.51. The fourth-order valence-electron chi connectivity index (χ4n) is 3.51. The molecule has 1 fully saturated rings. The van der Waals surface area contributed by atoms with Crippen LogP contribution in [0.25, 0.3) is 0 Å². The van der Waals surface area contributed by atoms with Crippen LogP contribution in [-0.2, 0) is 28.0 Å². The highest BCUT2D eigenvalue weighted by Gasteiger charge is 2.34. The molecule has 2 aromatic carbocycles. The predicted molar refractivity (Wildman–Crippen MR) is 114 cm³/mol. The number of amides is 1. The number of benzene rings is 2. The van der Waals surface area contributed by atoms with E-state index in [1.54, 1.807) is 0 Å². The minimum Gasteiger partial charge on any atom is -0.352 e. The summed E-state index contributed by atoms with van der Waals surface area (Å²) in [6.07, 6.45) is 2.39. The zero-order chi connectivity index (χ0) is 20.7. The lowest BCUT2D eigenvalue weighted by Gasteiger charge is -2.34. The Kier molecular flexibility index (Phi) is 7.41. The van der Waals surface area contributed by atoms with Crippen LogP contribution in [0, 0.1) is 0 Å². The largest absolute Gasteiger partial charge is 0.352 e. The highest BCUT2D eigenvalue weighted by atomic mass is 32.2. The minimum absolute atomic E-state index is 0.0179. The van der Waals surface area contributed by atoms with E-state index in [-0.39, 0.29) is 18.5 Å². The van der Waals surface area contributed by atoms with Crippen molar-refractivity contribution >= 4 is 16.1 Å². The molecule has 3 rings (SSSR count). The Labute approximate surface area is 173 Å². The van der Waals surface area contributed by atoms with Gasteiger partial charge in [-0.3, -0.25) is 4.79 Å². The summed E-state index contributed by atoms with van der Waals surface area (Å²) >= 11 is 0. The van der Waals surface area contributed by atoms with Crippen molar-refractivity contribution in [3.05, 3.63) is 71.8 Å². The first kappa shape index (κ1) is 21.5. The lowest BCUT2D eigenvalue weighted by atomic mass is 10.1. The van der Waals surface area contributed by atoms with Gasteiger partial charge in [-0.15, -0.1) is 0 Å². The molecule has 1 saturated heterocycles. The van der Waals surface area contributed by atoms with Gasteiger partial charge in [0.05, 0.1) is 6.54 Å². The molecule has 0 aromatic heterocycles. The molecule has 0 saturated carbocycles. The van der Waals surface area contributed by atoms with E-state index >= 15 is 0 Å². The van der Waals surface area contributed by atoms with Crippen molar-refractivity contribution in [1.29, 1.82) is 0 Å². The Morgan fingerprint density at radius 2 is 1.55 bits per heavy atom. The molecule has 29 heavy (non-hydrogen) atoms. The Morgan fingerprint density at radius 3 is 2.21 bits per heavy atom. The van der Waals surface area contributed by atoms with Crippen LogP contribution in [-0.4, -0.2) is 48.6 Å². The summed E-state index contributed by atoms with van der Waals surface area (Å²) in [4.78, 5) is 12.5. The van der Waals surface area contributed by atoms with E-state index < -0.39 is 10.2 Å². The van der Waals surface area contributed by atoms with Gasteiger partial charge < -0.3 is 5.32 Å². The first-order valence-corrected chi connectivity index (χ1v) is 11.5. The number of carbonyl (C=O) groups is 1. The number of aryl methyl sites for hydroxylation is 1. The molecule has 1 unspecified atom stereocenters. The summed E-state index contributed by atoms with van der Waals surface area (Å²) in [6, 6.07) is 19.6. The van der Waals surface area contributed by atoms with Crippen molar-refractivity contribution in [1.82, 2.24) is 13.9 Å². The Hall–Kier alpha value is -2.22. The van der Waals surface area contributed by atoms with Gasteiger partial charge in [0.2, 0.25) is 5.91 Å². The second kappa shape index (κ2) is 10.0. The van der Waals surface area contributed by atoms with Crippen LogP contribution in [0.5, 0.6) is 0 Å². The molecule has 1 heterocycles. The summed E-state index contributed by atoms with van der Waals surface area (Å²) in [5.41, 5.74) is 2.17. The van der Waals surface area contributed by atoms with Crippen LogP contribution in [0.4, 0.5) is 0 Å². The molecular formula is C22H29N3O3S. The van der Waals surface area contributed by atoms with Crippen LogP contribution in [0.2, 0.25) is 0 Å². The average molecular weight is 416 g/mol. The maximum atomic E-state index is 12.9. The lowest BCUT2D eigenvalue weighted by molar-refractivity contribution is -0.122. The van der Waals surface area contributed by atoms with Crippen molar-refractivity contribution < 1.29 is 13.2 Å². The number of nitrogens with zero attached hydrogens (tertiary/aromatic N) is 2. The van der Waals surface area contributed by atoms with Crippen molar-refractivity contribution in [2.24, 2.45) is 0 Å². The van der Waals surface area contributed by atoms with E-state index in [1.165, 1.54) is 14.2 Å². The number of hydrogen-bond acceptors (Lipinski definition) is 3. The zero-order valence-corrected chi connectivity index (χ0v) is 17.6. The third-order valence-corrected chi connectivity index (χ3v) is 7.03. The lowest BCUT2D eigenvalue weighted by Crippen LogP contribution is -2.52. The molecule has 1 aliphatic heterocycles. The van der Waals surface area contributed by atoms with Crippen molar-refractivity contribution in [2.45, 2.75) is 38.8 Å². The van der Waals surface area contributed by atoms with E-state index in [0.717, 1.165) is 18.4 Å². The monoisotopic (exact) mass is 415 g/mol. The van der Waals surface area contributed by atoms with E-state index in [9.17, 15) is 13.2 Å². The highest BCUT2D eigenvalue weighted by molar-refractivity contribution is 7.86. The van der Waals surface area contributed by atoms with Crippen molar-refractivity contribution in [3.8, 4) is 0 Å². The van der Waals surface area contributed by atoms with Gasteiger partial charge >= 0.3 is 0 Å². The molecule has 1 amide bonds. The normalized spacial score (nSPS) is 18.2. The number of carbonyl (C=O) groups excluding carboxylic acids is 1. The van der Waals surface area contributed by atoms with Gasteiger partial charge in [-0.05, 0) is 37.3 Å². The fourth-order valence-corrected chi connectivity index (χ4v) is 5.15. The molecule has 1 atom stereocenters. The molecule has 0 spiro atoms. The number of hydrogen-bond donors (Lipinski definition) is 1. The fraction of sp³-hybridized carbons (Fsp3) is 0.409. The van der Waals surface area contributed by atoms with Crippen LogP contribution in [0.15, 0.2) is 60.7 Å². The topological polar surface area (TPSA) is 69.7 Å². The maximum Gasteiger partial charge on any atom is 0.282 e.